The molecule has 0 radical (unpaired) electrons. The maximum absolute atomic E-state index is 11.6. The first-order valence-corrected chi connectivity index (χ1v) is 5.71. The van der Waals surface area contributed by atoms with Crippen LogP contribution < -0.4 is 11.1 Å². The Bertz CT molecular complexity index is 377. The fourth-order valence-electron chi connectivity index (χ4n) is 1.59. The monoisotopic (exact) mass is 308 g/mol. The van der Waals surface area contributed by atoms with Crippen LogP contribution in [0, 0.1) is 0 Å². The molecule has 2 rings (SSSR count). The van der Waals surface area contributed by atoms with Crippen LogP contribution >= 0.6 is 28.3 Å². The van der Waals surface area contributed by atoms with E-state index in [0.29, 0.717) is 17.0 Å². The van der Waals surface area contributed by atoms with Gasteiger partial charge in [-0.3, -0.25) is 4.79 Å². The first-order chi connectivity index (χ1) is 7.09. The molecule has 4 nitrogen and oxygen atoms in total. The largest absolute Gasteiger partial charge is 0.444 e. The summed E-state index contributed by atoms with van der Waals surface area (Å²) in [4.78, 5) is 11.6. The molecule has 16 heavy (non-hydrogen) atoms. The molecule has 0 atom stereocenters. The summed E-state index contributed by atoms with van der Waals surface area (Å²) in [6.45, 7) is 0.518. The summed E-state index contributed by atoms with van der Waals surface area (Å²) in [7, 11) is 0. The van der Waals surface area contributed by atoms with E-state index in [1.165, 1.54) is 0 Å². The predicted molar refractivity (Wildman–Crippen MR) is 66.8 cm³/mol. The van der Waals surface area contributed by atoms with Gasteiger partial charge in [0.2, 0.25) is 0 Å². The van der Waals surface area contributed by atoms with E-state index in [2.05, 4.69) is 21.2 Å². The number of furan rings is 1. The van der Waals surface area contributed by atoms with Gasteiger partial charge in [-0.15, -0.1) is 12.4 Å². The highest BCUT2D eigenvalue weighted by Gasteiger charge is 2.32. The molecule has 0 bridgehead atoms. The van der Waals surface area contributed by atoms with Crippen molar-refractivity contribution in [3.63, 3.8) is 0 Å². The van der Waals surface area contributed by atoms with Gasteiger partial charge in [0, 0.05) is 12.1 Å². The van der Waals surface area contributed by atoms with Crippen molar-refractivity contribution < 1.29 is 9.21 Å². The standard InChI is InChI=1S/C10H13BrN2O2.ClH/c11-8-3-2-7(15-8)9(14)13-6-10(12)4-1-5-10;/h2-3H,1,4-6,12H2,(H,13,14);1H. The number of hydrogen-bond donors (Lipinski definition) is 2. The predicted octanol–water partition coefficient (Wildman–Crippen LogP) is 2.08. The Hall–Kier alpha value is -0.520. The van der Waals surface area contributed by atoms with Crippen LogP contribution in [0.25, 0.3) is 0 Å². The van der Waals surface area contributed by atoms with Gasteiger partial charge in [-0.1, -0.05) is 0 Å². The molecule has 90 valence electrons. The average Bonchev–Trinajstić information content (AvgIpc) is 2.58. The smallest absolute Gasteiger partial charge is 0.287 e. The lowest BCUT2D eigenvalue weighted by Gasteiger charge is -2.37. The van der Waals surface area contributed by atoms with Gasteiger partial charge in [0.05, 0.1) is 0 Å². The molecule has 1 aliphatic carbocycles. The molecular weight excluding hydrogens is 295 g/mol. The zero-order valence-corrected chi connectivity index (χ0v) is 11.1. The number of halogens is 2. The Morgan fingerprint density at radius 1 is 1.56 bits per heavy atom. The first kappa shape index (κ1) is 13.5. The SMILES string of the molecule is Cl.NC1(CNC(=O)c2ccc(Br)o2)CCC1. The number of carbonyl (C=O) groups is 1. The molecule has 1 saturated carbocycles. The molecule has 0 spiro atoms. The van der Waals surface area contributed by atoms with Crippen molar-refractivity contribution >= 4 is 34.2 Å². The topological polar surface area (TPSA) is 68.3 Å². The lowest BCUT2D eigenvalue weighted by molar-refractivity contribution is 0.0901. The molecule has 1 amide bonds. The lowest BCUT2D eigenvalue weighted by atomic mass is 9.78. The van der Waals surface area contributed by atoms with E-state index in [-0.39, 0.29) is 23.9 Å². The quantitative estimate of drug-likeness (QED) is 0.898. The second kappa shape index (κ2) is 5.21. The zero-order chi connectivity index (χ0) is 10.9. The summed E-state index contributed by atoms with van der Waals surface area (Å²) in [5.41, 5.74) is 5.78. The Balaban J connectivity index is 0.00000128. The maximum Gasteiger partial charge on any atom is 0.287 e. The third-order valence-electron chi connectivity index (χ3n) is 2.75. The normalized spacial score (nSPS) is 17.1. The van der Waals surface area contributed by atoms with Crippen molar-refractivity contribution in [2.24, 2.45) is 5.73 Å². The van der Waals surface area contributed by atoms with Gasteiger partial charge in [-0.2, -0.15) is 0 Å². The van der Waals surface area contributed by atoms with E-state index < -0.39 is 0 Å². The highest BCUT2D eigenvalue weighted by molar-refractivity contribution is 9.10. The number of rotatable bonds is 3. The number of amides is 1. The van der Waals surface area contributed by atoms with Gasteiger partial charge in [0.15, 0.2) is 10.4 Å². The van der Waals surface area contributed by atoms with Gasteiger partial charge < -0.3 is 15.5 Å². The van der Waals surface area contributed by atoms with Crippen molar-refractivity contribution in [2.75, 3.05) is 6.54 Å². The second-order valence-corrected chi connectivity index (χ2v) is 4.78. The van der Waals surface area contributed by atoms with Crippen LogP contribution in [0.3, 0.4) is 0 Å². The van der Waals surface area contributed by atoms with Crippen LogP contribution in [0.4, 0.5) is 0 Å². The van der Waals surface area contributed by atoms with Gasteiger partial charge in [-0.05, 0) is 47.3 Å². The highest BCUT2D eigenvalue weighted by Crippen LogP contribution is 2.28. The van der Waals surface area contributed by atoms with E-state index in [1.807, 2.05) is 0 Å². The minimum absolute atomic E-state index is 0. The maximum atomic E-state index is 11.6. The molecule has 1 fully saturated rings. The number of nitrogens with one attached hydrogen (secondary N) is 1. The minimum atomic E-state index is -0.211. The third-order valence-corrected chi connectivity index (χ3v) is 3.17. The zero-order valence-electron chi connectivity index (χ0n) is 8.66. The van der Waals surface area contributed by atoms with E-state index in [1.54, 1.807) is 12.1 Å². The third kappa shape index (κ3) is 2.99. The summed E-state index contributed by atoms with van der Waals surface area (Å²) in [5.74, 6) is 0.0993. The average molecular weight is 310 g/mol. The van der Waals surface area contributed by atoms with Crippen molar-refractivity contribution in [3.05, 3.63) is 22.6 Å². The molecule has 1 aromatic rings. The molecule has 0 saturated heterocycles. The molecule has 0 aliphatic heterocycles. The summed E-state index contributed by atoms with van der Waals surface area (Å²) in [6, 6.07) is 3.32. The Morgan fingerprint density at radius 3 is 2.69 bits per heavy atom. The van der Waals surface area contributed by atoms with Crippen molar-refractivity contribution in [1.29, 1.82) is 0 Å². The number of hydrogen-bond acceptors (Lipinski definition) is 3. The fraction of sp³-hybridized carbons (Fsp3) is 0.500. The molecule has 1 aromatic heterocycles. The molecule has 1 heterocycles. The molecule has 0 aromatic carbocycles. The minimum Gasteiger partial charge on any atom is -0.444 e. The van der Waals surface area contributed by atoms with Crippen LogP contribution in [-0.4, -0.2) is 18.0 Å². The summed E-state index contributed by atoms with van der Waals surface area (Å²) in [6.07, 6.45) is 3.11. The molecule has 6 heteroatoms. The van der Waals surface area contributed by atoms with Crippen LogP contribution in [0.5, 0.6) is 0 Å². The number of carbonyl (C=O) groups excluding carboxylic acids is 1. The van der Waals surface area contributed by atoms with E-state index >= 15 is 0 Å². The Morgan fingerprint density at radius 2 is 2.25 bits per heavy atom. The summed E-state index contributed by atoms with van der Waals surface area (Å²) < 4.78 is 5.68. The Labute approximate surface area is 108 Å². The molecule has 3 N–H and O–H groups in total. The highest BCUT2D eigenvalue weighted by atomic mass is 79.9. The second-order valence-electron chi connectivity index (χ2n) is 4.00. The lowest BCUT2D eigenvalue weighted by Crippen LogP contribution is -2.54. The van der Waals surface area contributed by atoms with Gasteiger partial charge in [0.25, 0.3) is 5.91 Å². The summed E-state index contributed by atoms with van der Waals surface area (Å²) >= 11 is 3.14. The number of nitrogens with two attached hydrogens (primary N) is 1. The van der Waals surface area contributed by atoms with Gasteiger partial charge >= 0.3 is 0 Å². The van der Waals surface area contributed by atoms with Crippen molar-refractivity contribution in [1.82, 2.24) is 5.32 Å². The first-order valence-electron chi connectivity index (χ1n) is 4.91. The van der Waals surface area contributed by atoms with E-state index in [0.717, 1.165) is 19.3 Å². The molecular formula is C10H14BrClN2O2. The summed E-state index contributed by atoms with van der Waals surface area (Å²) in [5, 5.41) is 2.78. The van der Waals surface area contributed by atoms with Crippen molar-refractivity contribution in [2.45, 2.75) is 24.8 Å². The van der Waals surface area contributed by atoms with Crippen LogP contribution in [0.15, 0.2) is 21.2 Å². The molecule has 1 aliphatic rings. The Kier molecular flexibility index (Phi) is 4.41. The van der Waals surface area contributed by atoms with Crippen LogP contribution in [0.2, 0.25) is 0 Å². The van der Waals surface area contributed by atoms with Crippen LogP contribution in [0.1, 0.15) is 29.8 Å². The van der Waals surface area contributed by atoms with Gasteiger partial charge in [-0.25, -0.2) is 0 Å². The van der Waals surface area contributed by atoms with Gasteiger partial charge in [0.1, 0.15) is 0 Å². The fourth-order valence-corrected chi connectivity index (χ4v) is 1.89. The van der Waals surface area contributed by atoms with E-state index in [4.69, 9.17) is 10.2 Å². The molecule has 0 unspecified atom stereocenters. The van der Waals surface area contributed by atoms with Crippen LogP contribution in [-0.2, 0) is 0 Å². The van der Waals surface area contributed by atoms with Crippen molar-refractivity contribution in [3.8, 4) is 0 Å². The van der Waals surface area contributed by atoms with E-state index in [9.17, 15) is 4.79 Å².